The predicted octanol–water partition coefficient (Wildman–Crippen LogP) is 5.07. The van der Waals surface area contributed by atoms with Gasteiger partial charge in [0, 0.05) is 12.2 Å². The monoisotopic (exact) mass is 609 g/mol. The van der Waals surface area contributed by atoms with Gasteiger partial charge in [-0.1, -0.05) is 35.3 Å². The van der Waals surface area contributed by atoms with E-state index in [1.807, 2.05) is 13.0 Å². The van der Waals surface area contributed by atoms with Crippen LogP contribution in [0.15, 0.2) is 64.4 Å². The zero-order valence-electron chi connectivity index (χ0n) is 22.7. The molecule has 0 saturated carbocycles. The van der Waals surface area contributed by atoms with Gasteiger partial charge in [-0.3, -0.25) is 19.0 Å². The fourth-order valence-corrected chi connectivity index (χ4v) is 4.65. The summed E-state index contributed by atoms with van der Waals surface area (Å²) in [6, 6.07) is 14.1. The van der Waals surface area contributed by atoms with Crippen molar-refractivity contribution in [1.29, 1.82) is 0 Å². The van der Waals surface area contributed by atoms with Gasteiger partial charge in [-0.25, -0.2) is 14.8 Å². The number of aliphatic imine (C=N–C) groups is 1. The van der Waals surface area contributed by atoms with Crippen molar-refractivity contribution in [2.45, 2.75) is 20.4 Å². The Morgan fingerprint density at radius 3 is 2.48 bits per heavy atom. The van der Waals surface area contributed by atoms with Crippen molar-refractivity contribution >= 4 is 74.7 Å². The minimum atomic E-state index is -1.33. The number of methoxy groups -OCH3 is 1. The van der Waals surface area contributed by atoms with Gasteiger partial charge in [-0.15, -0.1) is 0 Å². The third-order valence-electron chi connectivity index (χ3n) is 6.10. The van der Waals surface area contributed by atoms with Crippen LogP contribution in [0, 0.1) is 6.92 Å². The summed E-state index contributed by atoms with van der Waals surface area (Å²) in [5.74, 6) is -3.26. The Labute approximate surface area is 249 Å². The smallest absolute Gasteiger partial charge is 0.339 e. The highest BCUT2D eigenvalue weighted by Gasteiger charge is 2.25. The number of carboxylic acids is 1. The van der Waals surface area contributed by atoms with E-state index in [4.69, 9.17) is 27.9 Å². The maximum Gasteiger partial charge on any atom is 0.339 e. The Morgan fingerprint density at radius 1 is 1.07 bits per heavy atom. The lowest BCUT2D eigenvalue weighted by atomic mass is 10.1. The summed E-state index contributed by atoms with van der Waals surface area (Å²) < 4.78 is 5.62. The van der Waals surface area contributed by atoms with Crippen LogP contribution in [-0.4, -0.2) is 51.9 Å². The van der Waals surface area contributed by atoms with Crippen molar-refractivity contribution in [2.75, 3.05) is 24.3 Å². The number of benzene rings is 3. The van der Waals surface area contributed by atoms with Crippen LogP contribution in [-0.2, 0) is 20.9 Å². The minimum Gasteiger partial charge on any atom is -0.480 e. The van der Waals surface area contributed by atoms with E-state index >= 15 is 0 Å². The Morgan fingerprint density at radius 2 is 1.81 bits per heavy atom. The van der Waals surface area contributed by atoms with Crippen molar-refractivity contribution in [3.8, 4) is 0 Å². The van der Waals surface area contributed by atoms with Crippen LogP contribution in [0.4, 0.5) is 17.1 Å². The van der Waals surface area contributed by atoms with Crippen LogP contribution >= 0.6 is 23.2 Å². The number of ether oxygens (including phenoxy) is 1. The van der Waals surface area contributed by atoms with Crippen molar-refractivity contribution in [1.82, 2.24) is 9.55 Å². The first-order chi connectivity index (χ1) is 20.0. The lowest BCUT2D eigenvalue weighted by Crippen LogP contribution is -2.35. The fraction of sp³-hybridized carbons (Fsp3) is 0.172. The maximum atomic E-state index is 13.9. The molecule has 0 unspecified atom stereocenters. The molecule has 0 aliphatic carbocycles. The van der Waals surface area contributed by atoms with E-state index in [1.165, 1.54) is 25.3 Å². The molecule has 0 aliphatic heterocycles. The molecular formula is C29H25Cl2N5O6. The second-order valence-electron chi connectivity index (χ2n) is 8.99. The number of nitrogens with one attached hydrogen (secondary N) is 2. The van der Waals surface area contributed by atoms with Gasteiger partial charge < -0.3 is 20.5 Å². The summed E-state index contributed by atoms with van der Waals surface area (Å²) in [4.78, 5) is 60.4. The molecule has 0 aliphatic rings. The Balaban J connectivity index is 1.95. The van der Waals surface area contributed by atoms with E-state index in [9.17, 15) is 24.3 Å². The predicted molar refractivity (Wildman–Crippen MR) is 162 cm³/mol. The number of nitrogens with zero attached hydrogens (tertiary/aromatic N) is 3. The molecule has 1 aromatic heterocycles. The molecule has 11 nitrogen and oxygen atoms in total. The second-order valence-corrected chi connectivity index (χ2v) is 9.80. The summed E-state index contributed by atoms with van der Waals surface area (Å²) in [5.41, 5.74) is 1.00. The number of carbonyl (C=O) groups excluding carboxylic acids is 2. The van der Waals surface area contributed by atoms with E-state index < -0.39 is 29.9 Å². The fourth-order valence-electron chi connectivity index (χ4n) is 4.14. The number of rotatable bonds is 9. The Hall–Kier alpha value is -4.74. The number of fused-ring (bicyclic) bond motifs is 1. The number of aromatic nitrogens is 2. The van der Waals surface area contributed by atoms with Crippen molar-refractivity contribution in [3.63, 3.8) is 0 Å². The third-order valence-corrected chi connectivity index (χ3v) is 6.73. The lowest BCUT2D eigenvalue weighted by Gasteiger charge is -2.16. The first kappa shape index (κ1) is 30.2. The number of aliphatic carboxylic acids is 1. The second kappa shape index (κ2) is 12.8. The molecule has 0 fully saturated rings. The van der Waals surface area contributed by atoms with Crippen LogP contribution < -0.4 is 16.2 Å². The molecule has 3 N–H and O–H groups in total. The van der Waals surface area contributed by atoms with Gasteiger partial charge in [0.2, 0.25) is 0 Å². The first-order valence-corrected chi connectivity index (χ1v) is 13.3. The SMILES string of the molecule is CCNc1ccc(/N=C(\C(=O)Nc2cc(C(=O)OC)c(Cl)cc2Cl)c2nc3ccccc3c(=O)n2CC(=O)O)c(C)c1. The zero-order chi connectivity index (χ0) is 30.6. The van der Waals surface area contributed by atoms with E-state index in [2.05, 4.69) is 20.6 Å². The van der Waals surface area contributed by atoms with E-state index in [-0.39, 0.29) is 43.7 Å². The molecule has 0 atom stereocenters. The number of carbonyl (C=O) groups is 3. The van der Waals surface area contributed by atoms with Gasteiger partial charge in [-0.05, 0) is 61.9 Å². The molecule has 1 amide bonds. The third kappa shape index (κ3) is 6.42. The van der Waals surface area contributed by atoms with Gasteiger partial charge in [0.25, 0.3) is 11.5 Å². The van der Waals surface area contributed by atoms with Crippen molar-refractivity contribution in [2.24, 2.45) is 4.99 Å². The summed E-state index contributed by atoms with van der Waals surface area (Å²) in [6.07, 6.45) is 0. The molecule has 0 spiro atoms. The van der Waals surface area contributed by atoms with E-state index in [0.717, 1.165) is 10.3 Å². The van der Waals surface area contributed by atoms with Gasteiger partial charge >= 0.3 is 11.9 Å². The summed E-state index contributed by atoms with van der Waals surface area (Å²) in [6.45, 7) is 3.63. The van der Waals surface area contributed by atoms with Crippen LogP contribution in [0.5, 0.6) is 0 Å². The molecule has 42 heavy (non-hydrogen) atoms. The number of aryl methyl sites for hydroxylation is 1. The van der Waals surface area contributed by atoms with Crippen molar-refractivity contribution < 1.29 is 24.2 Å². The van der Waals surface area contributed by atoms with E-state index in [1.54, 1.807) is 37.3 Å². The number of esters is 1. The molecule has 0 radical (unpaired) electrons. The molecule has 13 heteroatoms. The number of carboxylic acid groups (broad SMARTS) is 1. The Bertz CT molecular complexity index is 1820. The standard InChI is InChI=1S/C29H25Cl2N5O6/c1-4-32-16-9-10-21(15(2)11-16)33-25(27(39)35-23-12-18(29(41)42-3)19(30)13-20(23)31)26-34-22-8-6-5-7-17(22)28(40)36(26)14-24(37)38/h5-13,32H,4,14H2,1-3H3,(H,35,39)(H,37,38)/b33-25-. The molecule has 1 heterocycles. The number of halogens is 2. The highest BCUT2D eigenvalue weighted by Crippen LogP contribution is 2.30. The van der Waals surface area contributed by atoms with Crippen LogP contribution in [0.3, 0.4) is 0 Å². The summed E-state index contributed by atoms with van der Waals surface area (Å²) in [7, 11) is 1.17. The number of anilines is 2. The molecule has 0 saturated heterocycles. The molecule has 216 valence electrons. The van der Waals surface area contributed by atoms with Crippen LogP contribution in [0.2, 0.25) is 10.0 Å². The van der Waals surface area contributed by atoms with Crippen LogP contribution in [0.1, 0.15) is 28.7 Å². The molecule has 0 bridgehead atoms. The molecule has 4 aromatic rings. The summed E-state index contributed by atoms with van der Waals surface area (Å²) in [5, 5.41) is 15.6. The van der Waals surface area contributed by atoms with Gasteiger partial charge in [0.05, 0.1) is 45.0 Å². The normalized spacial score (nSPS) is 11.3. The van der Waals surface area contributed by atoms with Gasteiger partial charge in [0.15, 0.2) is 11.5 Å². The average molecular weight is 610 g/mol. The number of hydrogen-bond donors (Lipinski definition) is 3. The van der Waals surface area contributed by atoms with Crippen molar-refractivity contribution in [3.05, 3.63) is 91.9 Å². The highest BCUT2D eigenvalue weighted by molar-refractivity contribution is 6.49. The molecular weight excluding hydrogens is 585 g/mol. The number of hydrogen-bond acceptors (Lipinski definition) is 8. The minimum absolute atomic E-state index is 0.000855. The number of para-hydroxylation sites is 1. The van der Waals surface area contributed by atoms with E-state index in [0.29, 0.717) is 17.8 Å². The maximum absolute atomic E-state index is 13.9. The number of amides is 1. The van der Waals surface area contributed by atoms with Gasteiger partial charge in [0.1, 0.15) is 6.54 Å². The average Bonchev–Trinajstić information content (AvgIpc) is 2.95. The largest absolute Gasteiger partial charge is 0.480 e. The topological polar surface area (TPSA) is 152 Å². The molecule has 4 rings (SSSR count). The summed E-state index contributed by atoms with van der Waals surface area (Å²) >= 11 is 12.5. The first-order valence-electron chi connectivity index (χ1n) is 12.6. The van der Waals surface area contributed by atoms with Crippen LogP contribution in [0.25, 0.3) is 10.9 Å². The highest BCUT2D eigenvalue weighted by atomic mass is 35.5. The Kier molecular flexibility index (Phi) is 9.24. The zero-order valence-corrected chi connectivity index (χ0v) is 24.2. The quantitative estimate of drug-likeness (QED) is 0.175. The molecule has 3 aromatic carbocycles. The van der Waals surface area contributed by atoms with Gasteiger partial charge in [-0.2, -0.15) is 0 Å². The lowest BCUT2D eigenvalue weighted by molar-refractivity contribution is -0.137.